The van der Waals surface area contributed by atoms with Gasteiger partial charge in [0, 0.05) is 6.54 Å². The van der Waals surface area contributed by atoms with E-state index in [9.17, 15) is 13.5 Å². The van der Waals surface area contributed by atoms with Crippen molar-refractivity contribution in [3.8, 4) is 0 Å². The molecular formula is C14H21NO3S. The van der Waals surface area contributed by atoms with E-state index in [-0.39, 0.29) is 11.5 Å². The van der Waals surface area contributed by atoms with Crippen molar-refractivity contribution in [2.45, 2.75) is 37.7 Å². The summed E-state index contributed by atoms with van der Waals surface area (Å²) >= 11 is 0. The standard InChI is InChI=1S/C14H21NO3S/c1-11-6-7-12(8-11)9-15-19(17,18)14-5-3-2-4-13(14)10-16/h2-5,11-12,15-16H,6-10H2,1H3. The van der Waals surface area contributed by atoms with Crippen molar-refractivity contribution in [3.05, 3.63) is 29.8 Å². The van der Waals surface area contributed by atoms with Gasteiger partial charge in [0.25, 0.3) is 0 Å². The first kappa shape index (κ1) is 14.5. The molecule has 0 heterocycles. The first-order valence-corrected chi connectivity index (χ1v) is 8.19. The lowest BCUT2D eigenvalue weighted by atomic mass is 10.1. The van der Waals surface area contributed by atoms with Gasteiger partial charge in [-0.15, -0.1) is 0 Å². The van der Waals surface area contributed by atoms with Gasteiger partial charge in [0.15, 0.2) is 0 Å². The molecule has 4 nitrogen and oxygen atoms in total. The molecule has 2 N–H and O–H groups in total. The van der Waals surface area contributed by atoms with E-state index in [2.05, 4.69) is 11.6 Å². The van der Waals surface area contributed by atoms with Gasteiger partial charge in [-0.3, -0.25) is 0 Å². The maximum Gasteiger partial charge on any atom is 0.240 e. The summed E-state index contributed by atoms with van der Waals surface area (Å²) in [6, 6.07) is 6.56. The van der Waals surface area contributed by atoms with E-state index in [1.165, 1.54) is 12.5 Å². The molecule has 0 amide bonds. The molecule has 1 aliphatic carbocycles. The first-order chi connectivity index (χ1) is 9.03. The van der Waals surface area contributed by atoms with Crippen molar-refractivity contribution in [1.82, 2.24) is 4.72 Å². The fourth-order valence-corrected chi connectivity index (χ4v) is 4.06. The quantitative estimate of drug-likeness (QED) is 0.867. The van der Waals surface area contributed by atoms with E-state index in [4.69, 9.17) is 0 Å². The Kier molecular flexibility index (Phi) is 4.60. The van der Waals surface area contributed by atoms with E-state index in [0.717, 1.165) is 12.8 Å². The van der Waals surface area contributed by atoms with Gasteiger partial charge in [-0.05, 0) is 36.3 Å². The van der Waals surface area contributed by atoms with Crippen molar-refractivity contribution in [2.75, 3.05) is 6.54 Å². The van der Waals surface area contributed by atoms with E-state index in [1.807, 2.05) is 0 Å². The number of nitrogens with one attached hydrogen (secondary N) is 1. The Morgan fingerprint density at radius 2 is 2.05 bits per heavy atom. The summed E-state index contributed by atoms with van der Waals surface area (Å²) in [7, 11) is -3.52. The highest BCUT2D eigenvalue weighted by molar-refractivity contribution is 7.89. The van der Waals surface area contributed by atoms with Crippen molar-refractivity contribution in [3.63, 3.8) is 0 Å². The van der Waals surface area contributed by atoms with Crippen LogP contribution in [-0.4, -0.2) is 20.1 Å². The molecular weight excluding hydrogens is 262 g/mol. The maximum absolute atomic E-state index is 12.2. The summed E-state index contributed by atoms with van der Waals surface area (Å²) in [6.45, 7) is 2.43. The zero-order valence-electron chi connectivity index (χ0n) is 11.2. The number of sulfonamides is 1. The molecule has 19 heavy (non-hydrogen) atoms. The second-order valence-electron chi connectivity index (χ2n) is 5.40. The largest absolute Gasteiger partial charge is 0.392 e. The van der Waals surface area contributed by atoms with Crippen LogP contribution in [0.4, 0.5) is 0 Å². The van der Waals surface area contributed by atoms with Gasteiger partial charge in [0.1, 0.15) is 0 Å². The summed E-state index contributed by atoms with van der Waals surface area (Å²) in [4.78, 5) is 0.184. The maximum atomic E-state index is 12.2. The molecule has 1 aliphatic rings. The molecule has 2 unspecified atom stereocenters. The highest BCUT2D eigenvalue weighted by Gasteiger charge is 2.24. The fraction of sp³-hybridized carbons (Fsp3) is 0.571. The van der Waals surface area contributed by atoms with Crippen molar-refractivity contribution < 1.29 is 13.5 Å². The van der Waals surface area contributed by atoms with E-state index in [0.29, 0.717) is 23.9 Å². The Morgan fingerprint density at radius 1 is 1.32 bits per heavy atom. The molecule has 2 atom stereocenters. The van der Waals surface area contributed by atoms with Crippen LogP contribution in [-0.2, 0) is 16.6 Å². The first-order valence-electron chi connectivity index (χ1n) is 6.71. The Hall–Kier alpha value is -0.910. The summed E-state index contributed by atoms with van der Waals surface area (Å²) < 4.78 is 27.1. The van der Waals surface area contributed by atoms with Gasteiger partial charge >= 0.3 is 0 Å². The highest BCUT2D eigenvalue weighted by Crippen LogP contribution is 2.30. The molecule has 0 radical (unpaired) electrons. The van der Waals surface area contributed by atoms with E-state index in [1.54, 1.807) is 18.2 Å². The fourth-order valence-electron chi connectivity index (χ4n) is 2.71. The molecule has 0 bridgehead atoms. The molecule has 1 aromatic carbocycles. The molecule has 0 spiro atoms. The Morgan fingerprint density at radius 3 is 2.68 bits per heavy atom. The Bertz CT molecular complexity index is 527. The lowest BCUT2D eigenvalue weighted by Crippen LogP contribution is -2.29. The topological polar surface area (TPSA) is 66.4 Å². The van der Waals surface area contributed by atoms with Crippen molar-refractivity contribution in [1.29, 1.82) is 0 Å². The molecule has 0 aliphatic heterocycles. The van der Waals surface area contributed by atoms with Crippen molar-refractivity contribution >= 4 is 10.0 Å². The number of aliphatic hydroxyl groups is 1. The van der Waals surface area contributed by atoms with Crippen LogP contribution < -0.4 is 4.72 Å². The van der Waals surface area contributed by atoms with Crippen LogP contribution in [0.5, 0.6) is 0 Å². The number of aliphatic hydroxyl groups excluding tert-OH is 1. The minimum atomic E-state index is -3.52. The number of hydrogen-bond acceptors (Lipinski definition) is 3. The van der Waals surface area contributed by atoms with Gasteiger partial charge in [-0.25, -0.2) is 13.1 Å². The van der Waals surface area contributed by atoms with Gasteiger partial charge in [0.2, 0.25) is 10.0 Å². The normalized spacial score (nSPS) is 23.7. The van der Waals surface area contributed by atoms with Crippen LogP contribution in [0.1, 0.15) is 31.7 Å². The summed E-state index contributed by atoms with van der Waals surface area (Å²) in [5.74, 6) is 1.13. The molecule has 1 aromatic rings. The Balaban J connectivity index is 2.06. The van der Waals surface area contributed by atoms with Gasteiger partial charge in [-0.1, -0.05) is 31.5 Å². The summed E-state index contributed by atoms with van der Waals surface area (Å²) in [5.41, 5.74) is 0.440. The SMILES string of the molecule is CC1CCC(CNS(=O)(=O)c2ccccc2CO)C1. The van der Waals surface area contributed by atoms with Crippen molar-refractivity contribution in [2.24, 2.45) is 11.8 Å². The minimum absolute atomic E-state index is 0.184. The third-order valence-electron chi connectivity index (χ3n) is 3.80. The molecule has 1 saturated carbocycles. The minimum Gasteiger partial charge on any atom is -0.392 e. The summed E-state index contributed by atoms with van der Waals surface area (Å²) in [6.07, 6.45) is 3.36. The third kappa shape index (κ3) is 3.55. The van der Waals surface area contributed by atoms with Crippen LogP contribution in [0.2, 0.25) is 0 Å². The lowest BCUT2D eigenvalue weighted by molar-refractivity contribution is 0.278. The predicted molar refractivity (Wildman–Crippen MR) is 74.1 cm³/mol. The molecule has 0 aromatic heterocycles. The van der Waals surface area contributed by atoms with E-state index < -0.39 is 10.0 Å². The second kappa shape index (κ2) is 6.03. The zero-order chi connectivity index (χ0) is 13.9. The summed E-state index contributed by atoms with van der Waals surface area (Å²) in [5, 5.41) is 9.20. The van der Waals surface area contributed by atoms with Crippen LogP contribution in [0.3, 0.4) is 0 Å². The van der Waals surface area contributed by atoms with Crippen LogP contribution in [0, 0.1) is 11.8 Å². The molecule has 1 fully saturated rings. The number of benzene rings is 1. The number of hydrogen-bond donors (Lipinski definition) is 2. The van der Waals surface area contributed by atoms with Gasteiger partial charge < -0.3 is 5.11 Å². The Labute approximate surface area is 114 Å². The highest BCUT2D eigenvalue weighted by atomic mass is 32.2. The van der Waals surface area contributed by atoms with Crippen LogP contribution in [0.15, 0.2) is 29.2 Å². The molecule has 106 valence electrons. The van der Waals surface area contributed by atoms with E-state index >= 15 is 0 Å². The molecule has 5 heteroatoms. The smallest absolute Gasteiger partial charge is 0.240 e. The molecule has 0 saturated heterocycles. The predicted octanol–water partition coefficient (Wildman–Crippen LogP) is 1.89. The number of rotatable bonds is 5. The second-order valence-corrected chi connectivity index (χ2v) is 7.14. The zero-order valence-corrected chi connectivity index (χ0v) is 12.0. The lowest BCUT2D eigenvalue weighted by Gasteiger charge is -2.13. The van der Waals surface area contributed by atoms with Crippen LogP contribution >= 0.6 is 0 Å². The average Bonchev–Trinajstić information content (AvgIpc) is 2.82. The van der Waals surface area contributed by atoms with Gasteiger partial charge in [-0.2, -0.15) is 0 Å². The van der Waals surface area contributed by atoms with Gasteiger partial charge in [0.05, 0.1) is 11.5 Å². The molecule has 2 rings (SSSR count). The van der Waals surface area contributed by atoms with Crippen LogP contribution in [0.25, 0.3) is 0 Å². The third-order valence-corrected chi connectivity index (χ3v) is 5.32. The average molecular weight is 283 g/mol. The monoisotopic (exact) mass is 283 g/mol.